The summed E-state index contributed by atoms with van der Waals surface area (Å²) in [7, 11) is 0. The summed E-state index contributed by atoms with van der Waals surface area (Å²) in [6, 6.07) is 9.69. The van der Waals surface area contributed by atoms with Gasteiger partial charge in [-0.25, -0.2) is 4.98 Å². The summed E-state index contributed by atoms with van der Waals surface area (Å²) in [5, 5.41) is 8.64. The quantitative estimate of drug-likeness (QED) is 0.114. The first-order valence-corrected chi connectivity index (χ1v) is 12.8. The van der Waals surface area contributed by atoms with Crippen LogP contribution in [-0.4, -0.2) is 36.5 Å². The Morgan fingerprint density at radius 3 is 2.63 bits per heavy atom. The monoisotopic (exact) mass is 515 g/mol. The van der Waals surface area contributed by atoms with Gasteiger partial charge in [0.2, 0.25) is 5.95 Å². The summed E-state index contributed by atoms with van der Waals surface area (Å²) >= 11 is 0. The summed E-state index contributed by atoms with van der Waals surface area (Å²) in [6.45, 7) is 4.53. The number of aromatic amines is 1. The number of aromatic nitrogens is 5. The summed E-state index contributed by atoms with van der Waals surface area (Å²) < 4.78 is 1.88. The summed E-state index contributed by atoms with van der Waals surface area (Å²) in [5.74, 6) is 5.09. The van der Waals surface area contributed by atoms with E-state index in [9.17, 15) is 9.59 Å². The van der Waals surface area contributed by atoms with Gasteiger partial charge in [-0.1, -0.05) is 31.1 Å². The molecule has 0 unspecified atom stereocenters. The fourth-order valence-electron chi connectivity index (χ4n) is 4.20. The van der Waals surface area contributed by atoms with E-state index in [1.807, 2.05) is 59.7 Å². The second kappa shape index (κ2) is 13.3. The van der Waals surface area contributed by atoms with Crippen molar-refractivity contribution in [2.75, 3.05) is 5.32 Å². The van der Waals surface area contributed by atoms with Gasteiger partial charge in [0.15, 0.2) is 0 Å². The Bertz CT molecular complexity index is 1370. The third kappa shape index (κ3) is 7.36. The summed E-state index contributed by atoms with van der Waals surface area (Å²) in [6.07, 6.45) is 12.9. The number of carbonyl (C=O) groups is 2. The van der Waals surface area contributed by atoms with Gasteiger partial charge in [-0.05, 0) is 43.0 Å². The molecule has 0 saturated heterocycles. The highest BCUT2D eigenvalue weighted by Crippen LogP contribution is 2.27. The van der Waals surface area contributed by atoms with Gasteiger partial charge in [0, 0.05) is 54.8 Å². The smallest absolute Gasteiger partial charge is 0.324 e. The van der Waals surface area contributed by atoms with E-state index in [1.165, 1.54) is 0 Å². The lowest BCUT2D eigenvalue weighted by molar-refractivity contribution is -0.144. The fraction of sp³-hybridized carbons (Fsp3) is 0.321. The van der Waals surface area contributed by atoms with Crippen LogP contribution in [0.4, 0.5) is 11.6 Å². The molecule has 0 atom stereocenters. The summed E-state index contributed by atoms with van der Waals surface area (Å²) in [4.78, 5) is 40.1. The van der Waals surface area contributed by atoms with Crippen molar-refractivity contribution in [1.29, 1.82) is 0 Å². The highest BCUT2D eigenvalue weighted by atomic mass is 16.7. The van der Waals surface area contributed by atoms with E-state index in [4.69, 9.17) is 10.9 Å². The minimum atomic E-state index is -0.400. The molecule has 38 heavy (non-hydrogen) atoms. The first-order chi connectivity index (χ1) is 18.6. The molecule has 0 spiro atoms. The van der Waals surface area contributed by atoms with Crippen LogP contribution in [-0.2, 0) is 27.4 Å². The third-order valence-corrected chi connectivity index (χ3v) is 6.21. The van der Waals surface area contributed by atoms with Crippen LogP contribution in [0.2, 0.25) is 0 Å². The maximum Gasteiger partial charge on any atom is 0.324 e. The van der Waals surface area contributed by atoms with E-state index >= 15 is 0 Å². The van der Waals surface area contributed by atoms with Crippen molar-refractivity contribution < 1.29 is 14.4 Å². The Morgan fingerprint density at radius 2 is 1.87 bits per heavy atom. The van der Waals surface area contributed by atoms with Crippen molar-refractivity contribution in [3.63, 3.8) is 0 Å². The zero-order valence-corrected chi connectivity index (χ0v) is 21.4. The number of carbonyl (C=O) groups excluding carboxylic acids is 2. The van der Waals surface area contributed by atoms with Gasteiger partial charge in [-0.3, -0.25) is 14.3 Å². The number of rotatable bonds is 15. The molecule has 0 aliphatic carbocycles. The number of benzene rings is 1. The number of unbranched alkanes of at least 4 members (excludes halogenated alkanes) is 3. The molecular formula is C28H33N7O3. The predicted octanol–water partition coefficient (Wildman–Crippen LogP) is 5.01. The Labute approximate surface area is 221 Å². The minimum Gasteiger partial charge on any atom is -0.373 e. The van der Waals surface area contributed by atoms with Crippen LogP contribution in [0.25, 0.3) is 22.3 Å². The highest BCUT2D eigenvalue weighted by molar-refractivity contribution is 5.91. The van der Waals surface area contributed by atoms with Gasteiger partial charge < -0.3 is 15.1 Å². The second-order valence-corrected chi connectivity index (χ2v) is 9.15. The predicted molar refractivity (Wildman–Crippen MR) is 146 cm³/mol. The molecule has 0 aliphatic rings. The number of allylic oxidation sites excluding steroid dienone is 1. The average Bonchev–Trinajstić information content (AvgIpc) is 3.60. The molecule has 0 fully saturated rings. The fourth-order valence-corrected chi connectivity index (χ4v) is 4.20. The molecular weight excluding hydrogens is 482 g/mol. The molecule has 0 aliphatic heterocycles. The SMILES string of the molecule is C=CCCn1cc(-c2nc(Nc3ccc(CC(=O)CCCCCCC(=O)ON)cc3)nc3[nH]ccc23)cn1. The Hall–Kier alpha value is -4.31. The standard InChI is InChI=1S/C28H33N7O3/c1-2-3-16-35-19-21(18-31-35)26-24-14-15-30-27(24)34-28(33-26)32-22-12-10-20(11-13-22)17-23(36)8-6-4-5-7-9-25(37)38-29/h2,10-15,18-19H,1,3-9,16-17,29H2,(H2,30,32,33,34). The van der Waals surface area contributed by atoms with Crippen molar-refractivity contribution in [2.24, 2.45) is 5.90 Å². The number of hydrogen-bond donors (Lipinski definition) is 3. The van der Waals surface area contributed by atoms with E-state index < -0.39 is 5.97 Å². The highest BCUT2D eigenvalue weighted by Gasteiger charge is 2.13. The minimum absolute atomic E-state index is 0.200. The van der Waals surface area contributed by atoms with Gasteiger partial charge in [-0.15, -0.1) is 6.58 Å². The maximum absolute atomic E-state index is 12.4. The van der Waals surface area contributed by atoms with Crippen molar-refractivity contribution >= 4 is 34.4 Å². The normalized spacial score (nSPS) is 11.0. The van der Waals surface area contributed by atoms with Gasteiger partial charge in [0.1, 0.15) is 11.4 Å². The average molecular weight is 516 g/mol. The van der Waals surface area contributed by atoms with Crippen molar-refractivity contribution in [2.45, 2.75) is 57.9 Å². The van der Waals surface area contributed by atoms with E-state index in [2.05, 4.69) is 31.8 Å². The molecule has 198 valence electrons. The van der Waals surface area contributed by atoms with Crippen LogP contribution in [0.5, 0.6) is 0 Å². The molecule has 3 aromatic heterocycles. The number of nitrogens with zero attached hydrogens (tertiary/aromatic N) is 4. The van der Waals surface area contributed by atoms with Crippen LogP contribution in [0.3, 0.4) is 0 Å². The molecule has 10 heteroatoms. The van der Waals surface area contributed by atoms with E-state index in [0.29, 0.717) is 25.2 Å². The van der Waals surface area contributed by atoms with Crippen LogP contribution >= 0.6 is 0 Å². The second-order valence-electron chi connectivity index (χ2n) is 9.15. The molecule has 3 heterocycles. The number of ketones is 1. The molecule has 0 amide bonds. The van der Waals surface area contributed by atoms with Crippen molar-refractivity contribution in [1.82, 2.24) is 24.7 Å². The van der Waals surface area contributed by atoms with Crippen LogP contribution in [0.1, 0.15) is 50.5 Å². The van der Waals surface area contributed by atoms with Crippen molar-refractivity contribution in [3.8, 4) is 11.3 Å². The number of Topliss-reactive ketones (excluding diaryl/α,β-unsaturated/α-hetero) is 1. The van der Waals surface area contributed by atoms with Crippen LogP contribution in [0, 0.1) is 0 Å². The molecule has 1 aromatic carbocycles. The molecule has 10 nitrogen and oxygen atoms in total. The first-order valence-electron chi connectivity index (χ1n) is 12.8. The number of anilines is 2. The number of H-pyrrole nitrogens is 1. The number of aryl methyl sites for hydroxylation is 1. The number of nitrogens with one attached hydrogen (secondary N) is 2. The summed E-state index contributed by atoms with van der Waals surface area (Å²) in [5.41, 5.74) is 4.23. The Balaban J connectivity index is 1.33. The molecule has 4 aromatic rings. The number of hydrogen-bond acceptors (Lipinski definition) is 8. The van der Waals surface area contributed by atoms with Gasteiger partial charge >= 0.3 is 5.97 Å². The lowest BCUT2D eigenvalue weighted by Gasteiger charge is -2.08. The third-order valence-electron chi connectivity index (χ3n) is 6.21. The Morgan fingerprint density at radius 1 is 1.08 bits per heavy atom. The lowest BCUT2D eigenvalue weighted by atomic mass is 10.0. The first kappa shape index (κ1) is 26.7. The van der Waals surface area contributed by atoms with Gasteiger partial charge in [0.25, 0.3) is 0 Å². The zero-order chi connectivity index (χ0) is 26.7. The lowest BCUT2D eigenvalue weighted by Crippen LogP contribution is -2.09. The van der Waals surface area contributed by atoms with Crippen LogP contribution < -0.4 is 11.2 Å². The molecule has 0 saturated carbocycles. The van der Waals surface area contributed by atoms with E-state index in [-0.39, 0.29) is 5.78 Å². The van der Waals surface area contributed by atoms with Crippen molar-refractivity contribution in [3.05, 3.63) is 67.1 Å². The topological polar surface area (TPSA) is 141 Å². The number of nitrogens with two attached hydrogens (primary N) is 1. The maximum atomic E-state index is 12.4. The van der Waals surface area contributed by atoms with Gasteiger partial charge in [0.05, 0.1) is 11.9 Å². The molecule has 0 bridgehead atoms. The Kier molecular flexibility index (Phi) is 9.36. The molecule has 0 radical (unpaired) electrons. The van der Waals surface area contributed by atoms with Gasteiger partial charge in [-0.2, -0.15) is 16.0 Å². The van der Waals surface area contributed by atoms with Crippen LogP contribution in [0.15, 0.2) is 61.6 Å². The molecule has 4 N–H and O–H groups in total. The van der Waals surface area contributed by atoms with E-state index in [1.54, 1.807) is 0 Å². The zero-order valence-electron chi connectivity index (χ0n) is 21.4. The van der Waals surface area contributed by atoms with E-state index in [0.717, 1.165) is 72.2 Å². The molecule has 4 rings (SSSR count). The largest absolute Gasteiger partial charge is 0.373 e. The number of fused-ring (bicyclic) bond motifs is 1.